The van der Waals surface area contributed by atoms with Gasteiger partial charge in [-0.15, -0.1) is 12.8 Å². The first kappa shape index (κ1) is 45.4. The molecule has 0 saturated heterocycles. The highest BCUT2D eigenvalue weighted by Gasteiger charge is 2.20. The number of rotatable bonds is 18. The first-order chi connectivity index (χ1) is 30.9. The van der Waals surface area contributed by atoms with Gasteiger partial charge in [0.25, 0.3) is 0 Å². The van der Waals surface area contributed by atoms with E-state index in [-0.39, 0.29) is 0 Å². The maximum absolute atomic E-state index is 6.44. The second-order valence-electron chi connectivity index (χ2n) is 18.3. The van der Waals surface area contributed by atoms with Gasteiger partial charge in [0, 0.05) is 34.3 Å². The summed E-state index contributed by atoms with van der Waals surface area (Å²) in [6.07, 6.45) is 24.2. The molecule has 8 bridgehead atoms. The van der Waals surface area contributed by atoms with Crippen LogP contribution in [0.25, 0.3) is 68.6 Å². The van der Waals surface area contributed by atoms with Crippen LogP contribution in [0.3, 0.4) is 0 Å². The fraction of sp³-hybridized carbons (Fsp3) is 0.357. The minimum atomic E-state index is 0.499. The SMILES string of the molecule is C#Cc1c2nc(c(C#C)c3ccc([nH]3)c(-c3cc(OCCC(C)C)cc(OCCC(C)C)c3)c3nc(c(-c4cc(OCCC(C)C)cc(OCCC(C)C)c4)c4ccc1[nH]4)C=C3)C=C2. The van der Waals surface area contributed by atoms with E-state index in [1.165, 1.54) is 0 Å². The molecule has 2 aliphatic heterocycles. The molecule has 0 aliphatic carbocycles. The number of benzene rings is 2. The number of aromatic amines is 2. The molecule has 0 amide bonds. The zero-order valence-corrected chi connectivity index (χ0v) is 38.7. The van der Waals surface area contributed by atoms with Crippen molar-refractivity contribution in [2.45, 2.75) is 81.1 Å². The number of H-pyrrole nitrogens is 2. The Bertz CT molecular complexity index is 2540. The summed E-state index contributed by atoms with van der Waals surface area (Å²) in [5.41, 5.74) is 10.6. The molecule has 2 aromatic carbocycles. The van der Waals surface area contributed by atoms with E-state index in [2.05, 4.69) is 114 Å². The molecular formula is C56H62N4O4. The molecule has 8 nitrogen and oxygen atoms in total. The van der Waals surface area contributed by atoms with E-state index in [4.69, 9.17) is 41.8 Å². The quantitative estimate of drug-likeness (QED) is 0.0835. The van der Waals surface area contributed by atoms with Crippen molar-refractivity contribution in [3.05, 3.63) is 94.6 Å². The van der Waals surface area contributed by atoms with Gasteiger partial charge in [0.05, 0.1) is 71.4 Å². The first-order valence-corrected chi connectivity index (χ1v) is 22.8. The van der Waals surface area contributed by atoms with Crippen molar-refractivity contribution in [1.29, 1.82) is 0 Å². The number of nitrogens with zero attached hydrogens (tertiary/aromatic N) is 2. The summed E-state index contributed by atoms with van der Waals surface area (Å²) in [6, 6.07) is 20.4. The van der Waals surface area contributed by atoms with Gasteiger partial charge in [0.2, 0.25) is 0 Å². The first-order valence-electron chi connectivity index (χ1n) is 22.8. The maximum atomic E-state index is 6.44. The van der Waals surface area contributed by atoms with Gasteiger partial charge >= 0.3 is 0 Å². The van der Waals surface area contributed by atoms with Crippen molar-refractivity contribution in [1.82, 2.24) is 19.9 Å². The van der Waals surface area contributed by atoms with Crippen molar-refractivity contribution in [2.75, 3.05) is 26.4 Å². The highest BCUT2D eigenvalue weighted by molar-refractivity contribution is 5.97. The summed E-state index contributed by atoms with van der Waals surface area (Å²) in [5, 5.41) is 0. The molecule has 0 radical (unpaired) electrons. The zero-order valence-electron chi connectivity index (χ0n) is 38.7. The van der Waals surface area contributed by atoms with Crippen molar-refractivity contribution in [3.63, 3.8) is 0 Å². The van der Waals surface area contributed by atoms with Crippen LogP contribution in [0, 0.1) is 48.4 Å². The van der Waals surface area contributed by atoms with Gasteiger partial charge in [0.15, 0.2) is 0 Å². The molecule has 8 heteroatoms. The summed E-state index contributed by atoms with van der Waals surface area (Å²) < 4.78 is 25.7. The molecule has 2 aliphatic rings. The molecule has 2 N–H and O–H groups in total. The summed E-state index contributed by atoms with van der Waals surface area (Å²) in [6.45, 7) is 19.9. The van der Waals surface area contributed by atoms with Crippen LogP contribution in [0.1, 0.15) is 115 Å². The number of ether oxygens (including phenoxy) is 4. The lowest BCUT2D eigenvalue weighted by Crippen LogP contribution is -2.04. The Hall–Kier alpha value is -6.64. The van der Waals surface area contributed by atoms with Crippen LogP contribution >= 0.6 is 0 Å². The third kappa shape index (κ3) is 11.1. The minimum absolute atomic E-state index is 0.499. The average Bonchev–Trinajstić information content (AvgIpc) is 4.09. The smallest absolute Gasteiger partial charge is 0.123 e. The molecule has 330 valence electrons. The predicted molar refractivity (Wildman–Crippen MR) is 265 cm³/mol. The number of fused-ring (bicyclic) bond motifs is 8. The summed E-state index contributed by atoms with van der Waals surface area (Å²) >= 11 is 0. The predicted octanol–water partition coefficient (Wildman–Crippen LogP) is 13.7. The van der Waals surface area contributed by atoms with Gasteiger partial charge in [-0.25, -0.2) is 9.97 Å². The monoisotopic (exact) mass is 854 g/mol. The van der Waals surface area contributed by atoms with Gasteiger partial charge < -0.3 is 28.9 Å². The summed E-state index contributed by atoms with van der Waals surface area (Å²) in [4.78, 5) is 17.8. The van der Waals surface area contributed by atoms with Gasteiger partial charge in [-0.1, -0.05) is 67.2 Å². The van der Waals surface area contributed by atoms with Crippen LogP contribution in [0.4, 0.5) is 0 Å². The Balaban J connectivity index is 1.54. The average molecular weight is 855 g/mol. The van der Waals surface area contributed by atoms with Crippen molar-refractivity contribution < 1.29 is 18.9 Å². The molecule has 7 rings (SSSR count). The Morgan fingerprint density at radius 2 is 0.734 bits per heavy atom. The second-order valence-corrected chi connectivity index (χ2v) is 18.3. The van der Waals surface area contributed by atoms with Gasteiger partial charge in [-0.05, 0) is 133 Å². The van der Waals surface area contributed by atoms with E-state index in [1.807, 2.05) is 48.6 Å². The van der Waals surface area contributed by atoms with Crippen LogP contribution in [0.2, 0.25) is 0 Å². The molecule has 0 unspecified atom stereocenters. The van der Waals surface area contributed by atoms with E-state index in [1.54, 1.807) is 0 Å². The number of nitrogens with one attached hydrogen (secondary N) is 2. The lowest BCUT2D eigenvalue weighted by molar-refractivity contribution is 0.276. The van der Waals surface area contributed by atoms with Gasteiger partial charge in [-0.3, -0.25) is 0 Å². The van der Waals surface area contributed by atoms with Crippen molar-refractivity contribution in [2.24, 2.45) is 23.7 Å². The maximum Gasteiger partial charge on any atom is 0.123 e. The standard InChI is InChI=1S/C56H62N4O4/c1-11-45-47-13-14-48(57-47)46(12-2)50-16-18-52(59-50)56(40-31-43(63-27-23-37(7)8)34-44(32-40)64-28-24-38(9)10)54-20-19-53(60-54)55(51-17-15-49(45)58-51)39-29-41(61-25-21-35(3)4)33-42(30-39)62-26-22-36(5)6/h1-2,13-20,29-38,58-59H,21-28H2,3-10H3. The number of hydrogen-bond acceptors (Lipinski definition) is 6. The van der Waals surface area contributed by atoms with E-state index in [0.717, 1.165) is 104 Å². The molecule has 5 heterocycles. The minimum Gasteiger partial charge on any atom is -0.493 e. The van der Waals surface area contributed by atoms with E-state index >= 15 is 0 Å². The molecule has 64 heavy (non-hydrogen) atoms. The summed E-state index contributed by atoms with van der Waals surface area (Å²) in [5.74, 6) is 10.7. The second kappa shape index (κ2) is 20.7. The highest BCUT2D eigenvalue weighted by Crippen LogP contribution is 2.40. The van der Waals surface area contributed by atoms with Crippen LogP contribution in [-0.4, -0.2) is 46.4 Å². The van der Waals surface area contributed by atoms with Crippen molar-refractivity contribution in [3.8, 4) is 69.9 Å². The molecule has 5 aromatic rings. The zero-order chi connectivity index (χ0) is 45.3. The molecule has 3 aromatic heterocycles. The number of terminal acetylenes is 2. The van der Waals surface area contributed by atoms with Gasteiger partial charge in [0.1, 0.15) is 23.0 Å². The highest BCUT2D eigenvalue weighted by atomic mass is 16.5. The van der Waals surface area contributed by atoms with Crippen LogP contribution in [-0.2, 0) is 0 Å². The Kier molecular flexibility index (Phi) is 14.7. The van der Waals surface area contributed by atoms with Crippen LogP contribution in [0.5, 0.6) is 23.0 Å². The number of aromatic nitrogens is 4. The third-order valence-corrected chi connectivity index (χ3v) is 11.2. The normalized spacial score (nSPS) is 12.0. The van der Waals surface area contributed by atoms with Crippen molar-refractivity contribution >= 4 is 46.4 Å². The van der Waals surface area contributed by atoms with E-state index < -0.39 is 0 Å². The Morgan fingerprint density at radius 3 is 1.05 bits per heavy atom. The fourth-order valence-corrected chi connectivity index (χ4v) is 7.53. The van der Waals surface area contributed by atoms with Crippen LogP contribution < -0.4 is 18.9 Å². The molecule has 0 saturated carbocycles. The fourth-order valence-electron chi connectivity index (χ4n) is 7.53. The molecule has 0 atom stereocenters. The Morgan fingerprint density at radius 1 is 0.438 bits per heavy atom. The number of hydrogen-bond donors (Lipinski definition) is 2. The molecule has 0 spiro atoms. The molecular weight excluding hydrogens is 793 g/mol. The van der Waals surface area contributed by atoms with Crippen LogP contribution in [0.15, 0.2) is 60.7 Å². The van der Waals surface area contributed by atoms with E-state index in [0.29, 0.717) is 72.6 Å². The van der Waals surface area contributed by atoms with E-state index in [9.17, 15) is 0 Å². The lowest BCUT2D eigenvalue weighted by Gasteiger charge is -2.15. The largest absolute Gasteiger partial charge is 0.493 e. The topological polar surface area (TPSA) is 94.3 Å². The summed E-state index contributed by atoms with van der Waals surface area (Å²) in [7, 11) is 0. The lowest BCUT2D eigenvalue weighted by atomic mass is 10.0. The third-order valence-electron chi connectivity index (χ3n) is 11.2. The Labute approximate surface area is 379 Å². The van der Waals surface area contributed by atoms with Gasteiger partial charge in [-0.2, -0.15) is 0 Å². The molecule has 0 fully saturated rings.